The highest BCUT2D eigenvalue weighted by Crippen LogP contribution is 2.35. The Balaban J connectivity index is 1.25. The van der Waals surface area contributed by atoms with Crippen molar-refractivity contribution in [1.82, 2.24) is 20.3 Å². The number of rotatable bonds is 6. The summed E-state index contributed by atoms with van der Waals surface area (Å²) in [6, 6.07) is 16.4. The number of nitrogens with one attached hydrogen (secondary N) is 1. The zero-order valence-electron chi connectivity index (χ0n) is 22.6. The second kappa shape index (κ2) is 11.6. The zero-order chi connectivity index (χ0) is 26.7. The van der Waals surface area contributed by atoms with Crippen LogP contribution >= 0.6 is 15.9 Å². The molecule has 2 aliphatic rings. The van der Waals surface area contributed by atoms with Crippen molar-refractivity contribution in [2.24, 2.45) is 0 Å². The van der Waals surface area contributed by atoms with Crippen molar-refractivity contribution in [3.05, 3.63) is 81.5 Å². The predicted molar refractivity (Wildman–Crippen MR) is 157 cm³/mol. The summed E-state index contributed by atoms with van der Waals surface area (Å²) in [6.45, 7) is 10.6. The Labute approximate surface area is 234 Å². The van der Waals surface area contributed by atoms with E-state index < -0.39 is 0 Å². The van der Waals surface area contributed by atoms with Crippen LogP contribution in [-0.2, 0) is 4.84 Å². The lowest BCUT2D eigenvalue weighted by Crippen LogP contribution is -2.56. The van der Waals surface area contributed by atoms with Crippen LogP contribution in [0.3, 0.4) is 0 Å². The first-order valence-electron chi connectivity index (χ1n) is 13.6. The van der Waals surface area contributed by atoms with E-state index in [0.717, 1.165) is 89.6 Å². The van der Waals surface area contributed by atoms with Crippen molar-refractivity contribution in [2.75, 3.05) is 32.8 Å². The molecule has 0 spiro atoms. The number of nitrogens with zero attached hydrogens (tertiary/aromatic N) is 3. The van der Waals surface area contributed by atoms with Crippen molar-refractivity contribution in [3.63, 3.8) is 0 Å². The molecule has 7 heteroatoms. The number of carbonyl (C=O) groups is 1. The van der Waals surface area contributed by atoms with Gasteiger partial charge in [-0.25, -0.2) is 0 Å². The van der Waals surface area contributed by atoms with Crippen molar-refractivity contribution in [2.45, 2.75) is 52.0 Å². The van der Waals surface area contributed by atoms with Crippen LogP contribution in [0.5, 0.6) is 0 Å². The van der Waals surface area contributed by atoms with Crippen LogP contribution in [0.4, 0.5) is 0 Å². The van der Waals surface area contributed by atoms with E-state index in [-0.39, 0.29) is 11.4 Å². The van der Waals surface area contributed by atoms with Crippen LogP contribution < -0.4 is 5.48 Å². The lowest BCUT2D eigenvalue weighted by Gasteiger charge is -2.48. The van der Waals surface area contributed by atoms with Gasteiger partial charge in [-0.05, 0) is 87.9 Å². The predicted octanol–water partition coefficient (Wildman–Crippen LogP) is 6.35. The summed E-state index contributed by atoms with van der Waals surface area (Å²) in [7, 11) is 0. The standard InChI is InChI=1S/C31H37BrN4O2/c1-4-38-34-29(23-6-8-25(32)9-7-23)24-12-17-36(18-13-24)31(3)14-19-35(20-15-31)30(37)26-11-16-33-28-10-5-22(2)21-27(26)28/h5-11,16,21,34H,4,12-15,17-20H2,1-3H3. The van der Waals surface area contributed by atoms with Crippen LogP contribution in [0.2, 0.25) is 0 Å². The molecule has 0 aliphatic carbocycles. The maximum Gasteiger partial charge on any atom is 0.254 e. The van der Waals surface area contributed by atoms with Gasteiger partial charge in [-0.2, -0.15) is 0 Å². The number of pyridine rings is 1. The molecule has 6 nitrogen and oxygen atoms in total. The first-order chi connectivity index (χ1) is 18.4. The number of hydrogen-bond acceptors (Lipinski definition) is 5. The van der Waals surface area contributed by atoms with E-state index in [4.69, 9.17) is 4.84 Å². The van der Waals surface area contributed by atoms with Crippen LogP contribution in [0.15, 0.2) is 64.8 Å². The molecule has 3 aromatic rings. The summed E-state index contributed by atoms with van der Waals surface area (Å²) in [4.78, 5) is 28.3. The Morgan fingerprint density at radius 2 is 1.76 bits per heavy atom. The zero-order valence-corrected chi connectivity index (χ0v) is 24.2. The molecule has 38 heavy (non-hydrogen) atoms. The van der Waals surface area contributed by atoms with Crippen molar-refractivity contribution in [1.29, 1.82) is 0 Å². The number of piperidine rings is 2. The molecule has 0 radical (unpaired) electrons. The summed E-state index contributed by atoms with van der Waals surface area (Å²) < 4.78 is 1.07. The summed E-state index contributed by atoms with van der Waals surface area (Å²) >= 11 is 3.54. The molecule has 2 aliphatic heterocycles. The van der Waals surface area contributed by atoms with Gasteiger partial charge < -0.3 is 4.90 Å². The Bertz CT molecular complexity index is 1320. The molecule has 0 bridgehead atoms. The second-order valence-electron chi connectivity index (χ2n) is 10.7. The number of fused-ring (bicyclic) bond motifs is 1. The number of halogens is 1. The van der Waals surface area contributed by atoms with E-state index in [1.807, 2.05) is 30.0 Å². The van der Waals surface area contributed by atoms with E-state index in [1.165, 1.54) is 5.57 Å². The highest BCUT2D eigenvalue weighted by Gasteiger charge is 2.38. The quantitative estimate of drug-likeness (QED) is 0.346. The number of likely N-dealkylation sites (tertiary alicyclic amines) is 2. The minimum Gasteiger partial charge on any atom is -0.338 e. The van der Waals surface area contributed by atoms with Gasteiger partial charge in [-0.3, -0.25) is 25.0 Å². The van der Waals surface area contributed by atoms with Crippen LogP contribution in [-0.4, -0.2) is 59.0 Å². The minimum absolute atomic E-state index is 0.102. The maximum absolute atomic E-state index is 13.5. The molecule has 5 rings (SSSR count). The van der Waals surface area contributed by atoms with E-state index in [1.54, 1.807) is 6.20 Å². The number of amides is 1. The first kappa shape index (κ1) is 26.9. The molecule has 2 saturated heterocycles. The Morgan fingerprint density at radius 3 is 2.45 bits per heavy atom. The fraction of sp³-hybridized carbons (Fsp3) is 0.419. The number of carbonyl (C=O) groups excluding carboxylic acids is 1. The summed E-state index contributed by atoms with van der Waals surface area (Å²) in [5.41, 5.74) is 9.77. The monoisotopic (exact) mass is 576 g/mol. The molecule has 0 unspecified atom stereocenters. The SMILES string of the molecule is CCONC(=C1CCN(C2(C)CCN(C(=O)c3ccnc4ccc(C)cc34)CC2)CC1)c1ccc(Br)cc1. The van der Waals surface area contributed by atoms with Crippen LogP contribution in [0, 0.1) is 6.92 Å². The smallest absolute Gasteiger partial charge is 0.254 e. The minimum atomic E-state index is 0.102. The van der Waals surface area contributed by atoms with Crippen LogP contribution in [0.25, 0.3) is 16.6 Å². The third-order valence-corrected chi connectivity index (χ3v) is 8.72. The molecular weight excluding hydrogens is 540 g/mol. The Morgan fingerprint density at radius 1 is 1.05 bits per heavy atom. The van der Waals surface area contributed by atoms with Gasteiger partial charge in [-0.1, -0.05) is 39.7 Å². The molecule has 2 fully saturated rings. The van der Waals surface area contributed by atoms with Gasteiger partial charge >= 0.3 is 0 Å². The van der Waals surface area contributed by atoms with Gasteiger partial charge in [0.05, 0.1) is 23.4 Å². The molecule has 0 atom stereocenters. The first-order valence-corrected chi connectivity index (χ1v) is 14.4. The van der Waals surface area contributed by atoms with Gasteiger partial charge in [0.15, 0.2) is 0 Å². The molecular formula is C31H37BrN4O2. The molecule has 200 valence electrons. The van der Waals surface area contributed by atoms with Gasteiger partial charge in [0.1, 0.15) is 0 Å². The highest BCUT2D eigenvalue weighted by atomic mass is 79.9. The average Bonchev–Trinajstić information content (AvgIpc) is 2.94. The second-order valence-corrected chi connectivity index (χ2v) is 11.6. The number of hydrogen-bond donors (Lipinski definition) is 1. The molecule has 1 amide bonds. The van der Waals surface area contributed by atoms with Crippen LogP contribution in [0.1, 0.15) is 61.0 Å². The topological polar surface area (TPSA) is 57.7 Å². The average molecular weight is 578 g/mol. The molecule has 1 aromatic heterocycles. The van der Waals surface area contributed by atoms with Gasteiger partial charge in [0.25, 0.3) is 5.91 Å². The maximum atomic E-state index is 13.5. The largest absolute Gasteiger partial charge is 0.338 e. The lowest BCUT2D eigenvalue weighted by molar-refractivity contribution is 0.0257. The summed E-state index contributed by atoms with van der Waals surface area (Å²) in [5.74, 6) is 0.120. The number of aryl methyl sites for hydroxylation is 1. The van der Waals surface area contributed by atoms with Crippen molar-refractivity contribution < 1.29 is 9.63 Å². The third kappa shape index (κ3) is 5.65. The van der Waals surface area contributed by atoms with E-state index in [9.17, 15) is 4.79 Å². The van der Waals surface area contributed by atoms with E-state index >= 15 is 0 Å². The van der Waals surface area contributed by atoms with Gasteiger partial charge in [-0.15, -0.1) is 0 Å². The normalized spacial score (nSPS) is 18.0. The summed E-state index contributed by atoms with van der Waals surface area (Å²) in [5, 5.41) is 0.948. The molecule has 3 heterocycles. The fourth-order valence-corrected chi connectivity index (χ4v) is 6.05. The van der Waals surface area contributed by atoms with Crippen molar-refractivity contribution >= 4 is 38.4 Å². The third-order valence-electron chi connectivity index (χ3n) is 8.19. The lowest BCUT2D eigenvalue weighted by atomic mass is 9.84. The van der Waals surface area contributed by atoms with Crippen molar-refractivity contribution in [3.8, 4) is 0 Å². The Kier molecular flexibility index (Phi) is 8.17. The molecule has 0 saturated carbocycles. The number of benzene rings is 2. The number of aromatic nitrogens is 1. The van der Waals surface area contributed by atoms with E-state index in [2.05, 4.69) is 75.5 Å². The van der Waals surface area contributed by atoms with Gasteiger partial charge in [0, 0.05) is 47.8 Å². The van der Waals surface area contributed by atoms with E-state index in [0.29, 0.717) is 6.61 Å². The van der Waals surface area contributed by atoms with Gasteiger partial charge in [0.2, 0.25) is 0 Å². The fourth-order valence-electron chi connectivity index (χ4n) is 5.79. The highest BCUT2D eigenvalue weighted by molar-refractivity contribution is 9.10. The molecule has 1 N–H and O–H groups in total. The molecule has 2 aromatic carbocycles. The Hall–Kier alpha value is -2.74. The summed E-state index contributed by atoms with van der Waals surface area (Å²) in [6.07, 6.45) is 5.73. The number of hydroxylamine groups is 1.